The fraction of sp³-hybridized carbons (Fsp3) is 0.500. The lowest BCUT2D eigenvalue weighted by atomic mass is 10.2. The number of carbonyl (C=O) groups excluding carboxylic acids is 1. The second kappa shape index (κ2) is 7.83. The lowest BCUT2D eigenvalue weighted by Gasteiger charge is -2.35. The first kappa shape index (κ1) is 19.0. The zero-order valence-corrected chi connectivity index (χ0v) is 15.8. The standard InChI is InChI=1S/C18H25N5O4/c1-11(24)8-16(25)22-4-6-23(7-5-22)18-20-13-10-15(27-3)14(26-2)9-12(13)17(19)21-18/h9-11,24H,4-8H2,1-3H3,(H2,19,20,21)/t11-/m1/s1. The molecule has 1 saturated heterocycles. The minimum atomic E-state index is -0.633. The van der Waals surface area contributed by atoms with E-state index in [1.165, 1.54) is 0 Å². The molecule has 0 radical (unpaired) electrons. The summed E-state index contributed by atoms with van der Waals surface area (Å²) in [6, 6.07) is 3.54. The van der Waals surface area contributed by atoms with Crippen molar-refractivity contribution in [1.82, 2.24) is 14.9 Å². The van der Waals surface area contributed by atoms with Crippen LogP contribution in [0, 0.1) is 0 Å². The van der Waals surface area contributed by atoms with Crippen LogP contribution in [-0.2, 0) is 4.79 Å². The van der Waals surface area contributed by atoms with E-state index in [1.54, 1.807) is 38.2 Å². The Kier molecular flexibility index (Phi) is 5.50. The van der Waals surface area contributed by atoms with Crippen LogP contribution < -0.4 is 20.1 Å². The van der Waals surface area contributed by atoms with Crippen LogP contribution in [0.3, 0.4) is 0 Å². The number of amides is 1. The number of fused-ring (bicyclic) bond motifs is 1. The third kappa shape index (κ3) is 3.97. The first-order valence-corrected chi connectivity index (χ1v) is 8.83. The van der Waals surface area contributed by atoms with Gasteiger partial charge in [-0.1, -0.05) is 0 Å². The van der Waals surface area contributed by atoms with Gasteiger partial charge >= 0.3 is 0 Å². The number of hydrogen-bond acceptors (Lipinski definition) is 8. The van der Waals surface area contributed by atoms with E-state index in [4.69, 9.17) is 15.2 Å². The van der Waals surface area contributed by atoms with Crippen LogP contribution in [0.1, 0.15) is 13.3 Å². The van der Waals surface area contributed by atoms with Crippen LogP contribution in [0.15, 0.2) is 12.1 Å². The number of methoxy groups -OCH3 is 2. The van der Waals surface area contributed by atoms with E-state index in [1.807, 2.05) is 4.90 Å². The molecule has 1 aliphatic rings. The van der Waals surface area contributed by atoms with Gasteiger partial charge in [0, 0.05) is 37.6 Å². The number of benzene rings is 1. The summed E-state index contributed by atoms with van der Waals surface area (Å²) in [6.07, 6.45) is -0.493. The van der Waals surface area contributed by atoms with Gasteiger partial charge in [-0.25, -0.2) is 4.98 Å². The first-order valence-electron chi connectivity index (χ1n) is 8.83. The molecule has 0 spiro atoms. The fourth-order valence-electron chi connectivity index (χ4n) is 3.15. The Labute approximate surface area is 157 Å². The number of carbonyl (C=O) groups is 1. The molecule has 1 aromatic heterocycles. The van der Waals surface area contributed by atoms with Crippen molar-refractivity contribution < 1.29 is 19.4 Å². The highest BCUT2D eigenvalue weighted by Crippen LogP contribution is 2.34. The zero-order chi connectivity index (χ0) is 19.6. The van der Waals surface area contributed by atoms with E-state index >= 15 is 0 Å². The fourth-order valence-corrected chi connectivity index (χ4v) is 3.15. The van der Waals surface area contributed by atoms with Gasteiger partial charge in [0.1, 0.15) is 5.82 Å². The number of nitrogens with two attached hydrogens (primary N) is 1. The molecule has 1 atom stereocenters. The van der Waals surface area contributed by atoms with Gasteiger partial charge in [-0.15, -0.1) is 0 Å². The van der Waals surface area contributed by atoms with Crippen molar-refractivity contribution in [2.45, 2.75) is 19.4 Å². The number of aliphatic hydroxyl groups is 1. The summed E-state index contributed by atoms with van der Waals surface area (Å²) in [5, 5.41) is 10.1. The number of hydrogen-bond donors (Lipinski definition) is 2. The van der Waals surface area contributed by atoms with Crippen molar-refractivity contribution in [2.24, 2.45) is 0 Å². The van der Waals surface area contributed by atoms with Crippen LogP contribution in [0.4, 0.5) is 11.8 Å². The molecule has 1 amide bonds. The number of piperazine rings is 1. The number of aromatic nitrogens is 2. The number of nitrogen functional groups attached to an aromatic ring is 1. The van der Waals surface area contributed by atoms with Gasteiger partial charge in [0.2, 0.25) is 11.9 Å². The summed E-state index contributed by atoms with van der Waals surface area (Å²) in [5.41, 5.74) is 6.81. The summed E-state index contributed by atoms with van der Waals surface area (Å²) in [5.74, 6) is 1.99. The zero-order valence-electron chi connectivity index (χ0n) is 15.8. The maximum Gasteiger partial charge on any atom is 0.228 e. The maximum absolute atomic E-state index is 12.1. The molecule has 9 heteroatoms. The van der Waals surface area contributed by atoms with Gasteiger partial charge in [0.15, 0.2) is 11.5 Å². The van der Waals surface area contributed by atoms with Gasteiger partial charge in [-0.05, 0) is 13.0 Å². The van der Waals surface area contributed by atoms with E-state index in [0.717, 1.165) is 0 Å². The van der Waals surface area contributed by atoms with Crippen LogP contribution in [0.5, 0.6) is 11.5 Å². The average Bonchev–Trinajstić information content (AvgIpc) is 2.66. The molecule has 0 aliphatic carbocycles. The molecule has 2 heterocycles. The highest BCUT2D eigenvalue weighted by atomic mass is 16.5. The topological polar surface area (TPSA) is 114 Å². The first-order chi connectivity index (χ1) is 12.9. The van der Waals surface area contributed by atoms with Crippen molar-refractivity contribution in [2.75, 3.05) is 51.0 Å². The Bertz CT molecular complexity index is 834. The summed E-state index contributed by atoms with van der Waals surface area (Å²) in [7, 11) is 3.13. The highest BCUT2D eigenvalue weighted by molar-refractivity contribution is 5.91. The number of ether oxygens (including phenoxy) is 2. The Balaban J connectivity index is 1.81. The number of aliphatic hydroxyl groups excluding tert-OH is 1. The Morgan fingerprint density at radius 2 is 1.81 bits per heavy atom. The number of rotatable bonds is 5. The average molecular weight is 375 g/mol. The lowest BCUT2D eigenvalue weighted by molar-refractivity contribution is -0.133. The lowest BCUT2D eigenvalue weighted by Crippen LogP contribution is -2.49. The molecule has 1 aliphatic heterocycles. The van der Waals surface area contributed by atoms with E-state index in [2.05, 4.69) is 9.97 Å². The highest BCUT2D eigenvalue weighted by Gasteiger charge is 2.24. The number of anilines is 2. The van der Waals surface area contributed by atoms with Crippen molar-refractivity contribution >= 4 is 28.6 Å². The van der Waals surface area contributed by atoms with Crippen molar-refractivity contribution in [3.05, 3.63) is 12.1 Å². The molecule has 1 aromatic carbocycles. The van der Waals surface area contributed by atoms with Crippen molar-refractivity contribution in [3.63, 3.8) is 0 Å². The second-order valence-corrected chi connectivity index (χ2v) is 6.55. The second-order valence-electron chi connectivity index (χ2n) is 6.55. The molecule has 0 saturated carbocycles. The van der Waals surface area contributed by atoms with E-state index in [-0.39, 0.29) is 12.3 Å². The van der Waals surface area contributed by atoms with Gasteiger partial charge in [-0.3, -0.25) is 4.79 Å². The third-order valence-electron chi connectivity index (χ3n) is 4.60. The normalized spacial score (nSPS) is 15.7. The van der Waals surface area contributed by atoms with Crippen LogP contribution >= 0.6 is 0 Å². The van der Waals surface area contributed by atoms with Crippen LogP contribution in [0.2, 0.25) is 0 Å². The van der Waals surface area contributed by atoms with Crippen molar-refractivity contribution in [1.29, 1.82) is 0 Å². The van der Waals surface area contributed by atoms with Gasteiger partial charge in [-0.2, -0.15) is 4.98 Å². The van der Waals surface area contributed by atoms with Gasteiger partial charge in [0.25, 0.3) is 0 Å². The minimum Gasteiger partial charge on any atom is -0.493 e. The molecule has 3 N–H and O–H groups in total. The Morgan fingerprint density at radius 1 is 1.19 bits per heavy atom. The monoisotopic (exact) mass is 375 g/mol. The van der Waals surface area contributed by atoms with E-state index in [0.29, 0.717) is 60.3 Å². The SMILES string of the molecule is COc1cc2nc(N3CCN(C(=O)C[C@@H](C)O)CC3)nc(N)c2cc1OC. The Hall–Kier alpha value is -2.81. The summed E-state index contributed by atoms with van der Waals surface area (Å²) < 4.78 is 10.6. The van der Waals surface area contributed by atoms with E-state index in [9.17, 15) is 9.90 Å². The summed E-state index contributed by atoms with van der Waals surface area (Å²) >= 11 is 0. The molecule has 1 fully saturated rings. The largest absolute Gasteiger partial charge is 0.493 e. The molecular weight excluding hydrogens is 350 g/mol. The minimum absolute atomic E-state index is 0.0413. The molecule has 0 bridgehead atoms. The maximum atomic E-state index is 12.1. The van der Waals surface area contributed by atoms with Crippen LogP contribution in [-0.4, -0.2) is 72.4 Å². The molecule has 146 valence electrons. The quantitative estimate of drug-likeness (QED) is 0.783. The smallest absolute Gasteiger partial charge is 0.228 e. The molecular formula is C18H25N5O4. The van der Waals surface area contributed by atoms with E-state index < -0.39 is 6.10 Å². The molecule has 9 nitrogen and oxygen atoms in total. The number of nitrogens with zero attached hydrogens (tertiary/aromatic N) is 4. The molecule has 3 rings (SSSR count). The summed E-state index contributed by atoms with van der Waals surface area (Å²) in [6.45, 7) is 3.92. The predicted octanol–water partition coefficient (Wildman–Crippen LogP) is 0.649. The molecule has 0 unspecified atom stereocenters. The van der Waals surface area contributed by atoms with Gasteiger partial charge in [0.05, 0.1) is 32.3 Å². The molecule has 2 aromatic rings. The Morgan fingerprint density at radius 3 is 2.41 bits per heavy atom. The van der Waals surface area contributed by atoms with Gasteiger partial charge < -0.3 is 30.1 Å². The van der Waals surface area contributed by atoms with Crippen molar-refractivity contribution in [3.8, 4) is 11.5 Å². The molecule has 27 heavy (non-hydrogen) atoms. The summed E-state index contributed by atoms with van der Waals surface area (Å²) in [4.78, 5) is 24.9. The predicted molar refractivity (Wildman–Crippen MR) is 102 cm³/mol. The van der Waals surface area contributed by atoms with Crippen LogP contribution in [0.25, 0.3) is 10.9 Å². The third-order valence-corrected chi connectivity index (χ3v) is 4.60.